The van der Waals surface area contributed by atoms with E-state index in [1.807, 2.05) is 21.1 Å². The smallest absolute Gasteiger partial charge is 0.306 e. The number of hydrogen-bond acceptors (Lipinski definition) is 8. The molecule has 2 unspecified atom stereocenters. The van der Waals surface area contributed by atoms with Crippen molar-refractivity contribution in [3.05, 3.63) is 36.5 Å². The number of nitrogens with zero attached hydrogens (tertiary/aromatic N) is 1. The van der Waals surface area contributed by atoms with Gasteiger partial charge < -0.3 is 33.3 Å². The Labute approximate surface area is 305 Å². The summed E-state index contributed by atoms with van der Waals surface area (Å²) in [5.74, 6) is -2.32. The van der Waals surface area contributed by atoms with E-state index in [0.29, 0.717) is 17.4 Å². The van der Waals surface area contributed by atoms with Gasteiger partial charge in [-0.2, -0.15) is 0 Å². The highest BCUT2D eigenvalue weighted by atomic mass is 16.7. The molecule has 2 atom stereocenters. The summed E-state index contributed by atoms with van der Waals surface area (Å²) < 4.78 is 22.3. The number of hydrogen-bond donors (Lipinski definition) is 0. The van der Waals surface area contributed by atoms with Crippen LogP contribution in [0.1, 0.15) is 149 Å². The Balaban J connectivity index is 4.42. The highest BCUT2D eigenvalue weighted by Gasteiger charge is 2.21. The van der Waals surface area contributed by atoms with Crippen molar-refractivity contribution in [2.75, 3.05) is 47.5 Å². The van der Waals surface area contributed by atoms with Crippen molar-refractivity contribution in [3.8, 4) is 0 Å². The second kappa shape index (κ2) is 33.6. The van der Waals surface area contributed by atoms with Crippen molar-refractivity contribution in [3.63, 3.8) is 0 Å². The van der Waals surface area contributed by atoms with Crippen LogP contribution in [0.15, 0.2) is 36.5 Å². The molecule has 0 aliphatic rings. The van der Waals surface area contributed by atoms with Gasteiger partial charge in [0.1, 0.15) is 13.2 Å². The van der Waals surface area contributed by atoms with E-state index >= 15 is 0 Å². The van der Waals surface area contributed by atoms with E-state index in [0.717, 1.165) is 77.0 Å². The van der Waals surface area contributed by atoms with Crippen LogP contribution in [-0.4, -0.2) is 82.3 Å². The van der Waals surface area contributed by atoms with E-state index in [1.54, 1.807) is 0 Å². The number of ether oxygens (including phenoxy) is 4. The Morgan fingerprint density at radius 2 is 1.08 bits per heavy atom. The number of esters is 2. The normalized spacial score (nSPS) is 13.4. The van der Waals surface area contributed by atoms with Gasteiger partial charge in [-0.05, 0) is 51.4 Å². The van der Waals surface area contributed by atoms with E-state index in [4.69, 9.17) is 18.9 Å². The third kappa shape index (κ3) is 34.0. The lowest BCUT2D eigenvalue weighted by molar-refractivity contribution is -0.870. The van der Waals surface area contributed by atoms with Crippen molar-refractivity contribution >= 4 is 17.9 Å². The molecule has 0 aromatic heterocycles. The van der Waals surface area contributed by atoms with Crippen molar-refractivity contribution < 1.29 is 42.9 Å². The summed E-state index contributed by atoms with van der Waals surface area (Å²) >= 11 is 0. The van der Waals surface area contributed by atoms with Gasteiger partial charge in [-0.3, -0.25) is 9.59 Å². The molecule has 0 aromatic carbocycles. The van der Waals surface area contributed by atoms with Crippen LogP contribution in [-0.2, 0) is 33.3 Å². The van der Waals surface area contributed by atoms with Crippen LogP contribution < -0.4 is 5.11 Å². The quantitative estimate of drug-likeness (QED) is 0.0213. The maximum Gasteiger partial charge on any atom is 0.306 e. The summed E-state index contributed by atoms with van der Waals surface area (Å²) in [7, 11) is 5.88. The van der Waals surface area contributed by atoms with Gasteiger partial charge in [0.25, 0.3) is 0 Å². The molecule has 0 aliphatic carbocycles. The Kier molecular flexibility index (Phi) is 32.0. The second-order valence-corrected chi connectivity index (χ2v) is 14.2. The summed E-state index contributed by atoms with van der Waals surface area (Å²) in [6, 6.07) is 0. The summed E-state index contributed by atoms with van der Waals surface area (Å²) in [5.41, 5.74) is 0. The van der Waals surface area contributed by atoms with Gasteiger partial charge in [-0.1, -0.05) is 121 Å². The van der Waals surface area contributed by atoms with Crippen molar-refractivity contribution in [1.29, 1.82) is 0 Å². The van der Waals surface area contributed by atoms with E-state index in [2.05, 4.69) is 50.3 Å². The van der Waals surface area contributed by atoms with Crippen LogP contribution in [0.5, 0.6) is 0 Å². The first-order valence-corrected chi connectivity index (χ1v) is 19.6. The van der Waals surface area contributed by atoms with E-state index in [9.17, 15) is 19.5 Å². The van der Waals surface area contributed by atoms with Gasteiger partial charge in [0, 0.05) is 12.8 Å². The Bertz CT molecular complexity index is 924. The number of carboxylic acids is 1. The van der Waals surface area contributed by atoms with Crippen LogP contribution in [0, 0.1) is 0 Å². The van der Waals surface area contributed by atoms with E-state index < -0.39 is 24.3 Å². The Morgan fingerprint density at radius 1 is 0.600 bits per heavy atom. The minimum Gasteiger partial charge on any atom is -0.545 e. The standard InChI is InChI=1S/C41H73NO8/c1-6-8-10-12-14-15-16-17-18-19-20-21-22-23-24-25-26-28-30-32-39(44)50-37(35-48-38(43)31-29-27-13-11-9-7-2)36-49-41(40(45)46)47-34-33-42(3,4)5/h14-15,17-18,20-21,37,41H,6-13,16,19,22-36H2,1-5H3/b15-14-,18-17-,21-20-. The molecule has 0 heterocycles. The zero-order valence-corrected chi connectivity index (χ0v) is 32.5. The molecule has 0 radical (unpaired) electrons. The Hall–Kier alpha value is -2.49. The molecule has 0 fully saturated rings. The molecule has 0 saturated heterocycles. The number of likely N-dealkylation sites (N-methyl/N-ethyl adjacent to an activating group) is 1. The molecule has 0 aromatic rings. The lowest BCUT2D eigenvalue weighted by Gasteiger charge is -2.26. The Morgan fingerprint density at radius 3 is 1.64 bits per heavy atom. The van der Waals surface area contributed by atoms with E-state index in [1.165, 1.54) is 38.5 Å². The topological polar surface area (TPSA) is 111 Å². The highest BCUT2D eigenvalue weighted by Crippen LogP contribution is 2.12. The van der Waals surface area contributed by atoms with Gasteiger partial charge in [-0.15, -0.1) is 0 Å². The molecule has 50 heavy (non-hydrogen) atoms. The summed E-state index contributed by atoms with van der Waals surface area (Å²) in [6.45, 7) is 4.60. The third-order valence-corrected chi connectivity index (χ3v) is 8.14. The first kappa shape index (κ1) is 47.5. The molecule has 9 heteroatoms. The molecule has 0 spiro atoms. The fourth-order valence-corrected chi connectivity index (χ4v) is 5.01. The predicted octanol–water partition coefficient (Wildman–Crippen LogP) is 8.16. The molecule has 9 nitrogen and oxygen atoms in total. The van der Waals surface area contributed by atoms with Gasteiger partial charge in [0.2, 0.25) is 0 Å². The first-order chi connectivity index (χ1) is 24.1. The number of carbonyl (C=O) groups excluding carboxylic acids is 3. The largest absolute Gasteiger partial charge is 0.545 e. The number of allylic oxidation sites excluding steroid dienone is 6. The number of aliphatic carboxylic acids is 1. The average molecular weight is 708 g/mol. The van der Waals surface area contributed by atoms with Gasteiger partial charge >= 0.3 is 11.9 Å². The highest BCUT2D eigenvalue weighted by molar-refractivity contribution is 5.70. The zero-order chi connectivity index (χ0) is 37.1. The number of unbranched alkanes of at least 4 members (excludes halogenated alkanes) is 14. The third-order valence-electron chi connectivity index (χ3n) is 8.14. The zero-order valence-electron chi connectivity index (χ0n) is 32.5. The predicted molar refractivity (Wildman–Crippen MR) is 200 cm³/mol. The number of quaternary nitrogens is 1. The molecular weight excluding hydrogens is 634 g/mol. The van der Waals surface area contributed by atoms with Gasteiger partial charge in [-0.25, -0.2) is 0 Å². The minimum atomic E-state index is -1.62. The van der Waals surface area contributed by atoms with Crippen molar-refractivity contribution in [2.45, 2.75) is 161 Å². The number of carbonyl (C=O) groups is 3. The van der Waals surface area contributed by atoms with Crippen molar-refractivity contribution in [2.24, 2.45) is 0 Å². The van der Waals surface area contributed by atoms with Crippen LogP contribution >= 0.6 is 0 Å². The first-order valence-electron chi connectivity index (χ1n) is 19.6. The molecule has 0 N–H and O–H groups in total. The summed E-state index contributed by atoms with van der Waals surface area (Å²) in [5, 5.41) is 11.6. The molecule has 0 amide bonds. The number of carboxylic acid groups (broad SMARTS) is 1. The minimum absolute atomic E-state index is 0.145. The van der Waals surface area contributed by atoms with Crippen molar-refractivity contribution in [1.82, 2.24) is 0 Å². The van der Waals surface area contributed by atoms with Crippen LogP contribution in [0.3, 0.4) is 0 Å². The molecule has 0 rings (SSSR count). The van der Waals surface area contributed by atoms with Crippen LogP contribution in [0.2, 0.25) is 0 Å². The SMILES string of the molecule is CCCCC/C=C\C/C=C\C/C=C\CCCCCCCCC(=O)OC(COC(=O)CCCCCCCC)COC(OCC[N+](C)(C)C)C(=O)[O-]. The van der Waals surface area contributed by atoms with E-state index in [-0.39, 0.29) is 38.6 Å². The molecule has 290 valence electrons. The van der Waals surface area contributed by atoms with Crippen LogP contribution in [0.4, 0.5) is 0 Å². The summed E-state index contributed by atoms with van der Waals surface area (Å²) in [6.07, 6.45) is 32.0. The lowest BCUT2D eigenvalue weighted by Crippen LogP contribution is -2.44. The fourth-order valence-electron chi connectivity index (χ4n) is 5.01. The van der Waals surface area contributed by atoms with Gasteiger partial charge in [0.15, 0.2) is 12.4 Å². The van der Waals surface area contributed by atoms with Crippen LogP contribution in [0.25, 0.3) is 0 Å². The molecule has 0 saturated carbocycles. The fraction of sp³-hybridized carbons (Fsp3) is 0.780. The van der Waals surface area contributed by atoms with Gasteiger partial charge in [0.05, 0.1) is 40.3 Å². The lowest BCUT2D eigenvalue weighted by atomic mass is 10.1. The monoisotopic (exact) mass is 708 g/mol. The maximum atomic E-state index is 12.6. The molecular formula is C41H73NO8. The number of rotatable bonds is 35. The average Bonchev–Trinajstić information content (AvgIpc) is 3.06. The molecule has 0 bridgehead atoms. The maximum absolute atomic E-state index is 12.6. The second-order valence-electron chi connectivity index (χ2n) is 14.2. The molecule has 0 aliphatic heterocycles. The summed E-state index contributed by atoms with van der Waals surface area (Å²) in [4.78, 5) is 36.6.